The summed E-state index contributed by atoms with van der Waals surface area (Å²) in [6.45, 7) is 0. The van der Waals surface area contributed by atoms with Crippen molar-refractivity contribution in [2.75, 3.05) is 0 Å². The van der Waals surface area contributed by atoms with Gasteiger partial charge in [0.2, 0.25) is 0 Å². The molecule has 57 heavy (non-hydrogen) atoms. The molecule has 0 amide bonds. The molecule has 6 aromatic heterocycles. The van der Waals surface area contributed by atoms with Crippen LogP contribution in [0.3, 0.4) is 0 Å². The normalized spacial score (nSPS) is 11.9. The maximum atomic E-state index is 6.93. The van der Waals surface area contributed by atoms with Crippen LogP contribution >= 0.6 is 11.3 Å². The smallest absolute Gasteiger partial charge is 0.167 e. The highest BCUT2D eigenvalue weighted by Gasteiger charge is 2.22. The third kappa shape index (κ3) is 4.94. The minimum Gasteiger partial charge on any atom is -0.453 e. The molecule has 0 aliphatic rings. The third-order valence-corrected chi connectivity index (χ3v) is 11.9. The molecular formula is C49H28N6OS. The van der Waals surface area contributed by atoms with Crippen molar-refractivity contribution in [2.24, 2.45) is 0 Å². The van der Waals surface area contributed by atoms with Gasteiger partial charge in [-0.05, 0) is 66.2 Å². The number of para-hydroxylation sites is 3. The van der Waals surface area contributed by atoms with Gasteiger partial charge in [0.15, 0.2) is 23.1 Å². The molecule has 0 saturated heterocycles. The second-order valence-corrected chi connectivity index (χ2v) is 15.1. The monoisotopic (exact) mass is 748 g/mol. The summed E-state index contributed by atoms with van der Waals surface area (Å²) in [5.41, 5.74) is 11.1. The summed E-state index contributed by atoms with van der Waals surface area (Å²) in [6, 6.07) is 54.4. The zero-order chi connectivity index (χ0) is 37.5. The van der Waals surface area contributed by atoms with Crippen molar-refractivity contribution in [3.8, 4) is 51.0 Å². The molecular weight excluding hydrogens is 721 g/mol. The molecule has 0 aliphatic carbocycles. The molecule has 0 fully saturated rings. The molecule has 0 N–H and O–H groups in total. The molecule has 12 rings (SSSR count). The number of hydrogen-bond donors (Lipinski definition) is 0. The Hall–Kier alpha value is -7.55. The fraction of sp³-hybridized carbons (Fsp3) is 0. The summed E-state index contributed by atoms with van der Waals surface area (Å²) in [4.78, 5) is 25.0. The summed E-state index contributed by atoms with van der Waals surface area (Å²) in [6.07, 6.45) is 3.65. The Morgan fingerprint density at radius 3 is 2.04 bits per heavy atom. The Morgan fingerprint density at radius 2 is 1.14 bits per heavy atom. The van der Waals surface area contributed by atoms with Crippen molar-refractivity contribution >= 4 is 75.5 Å². The molecule has 0 bridgehead atoms. The van der Waals surface area contributed by atoms with Crippen molar-refractivity contribution in [1.82, 2.24) is 29.5 Å². The van der Waals surface area contributed by atoms with Crippen molar-refractivity contribution in [3.05, 3.63) is 170 Å². The Labute approximate surface area is 329 Å². The number of hydrogen-bond acceptors (Lipinski definition) is 7. The standard InChI is InChI=1S/C49H28N6OS/c1-3-12-29(13-4-1)47-52-48(34-18-10-21-40-42(34)44-41(57-40)22-11-26-50-44)54-49(53-47)36-25-27-51-43-35-19-9-17-32(45(35)56-46(36)43)30-23-24-39-37(28-30)33-16-7-8-20-38(33)55(39)31-14-5-2-6-15-31/h1-28H. The van der Waals surface area contributed by atoms with E-state index < -0.39 is 0 Å². The maximum Gasteiger partial charge on any atom is 0.167 e. The van der Waals surface area contributed by atoms with Gasteiger partial charge in [0.05, 0.1) is 26.8 Å². The van der Waals surface area contributed by atoms with Crippen molar-refractivity contribution < 1.29 is 4.42 Å². The van der Waals surface area contributed by atoms with Crippen LogP contribution in [0.2, 0.25) is 0 Å². The summed E-state index contributed by atoms with van der Waals surface area (Å²) in [5.74, 6) is 1.65. The summed E-state index contributed by atoms with van der Waals surface area (Å²) < 4.78 is 11.5. The van der Waals surface area contributed by atoms with E-state index in [-0.39, 0.29) is 0 Å². The van der Waals surface area contributed by atoms with Crippen molar-refractivity contribution in [1.29, 1.82) is 0 Å². The van der Waals surface area contributed by atoms with Gasteiger partial charge in [0.25, 0.3) is 0 Å². The third-order valence-electron chi connectivity index (χ3n) is 10.8. The molecule has 0 saturated carbocycles. The number of pyridine rings is 2. The van der Waals surface area contributed by atoms with E-state index in [1.54, 1.807) is 11.3 Å². The number of nitrogens with zero attached hydrogens (tertiary/aromatic N) is 6. The van der Waals surface area contributed by atoms with Gasteiger partial charge in [-0.2, -0.15) is 0 Å². The first-order valence-electron chi connectivity index (χ1n) is 18.7. The fourth-order valence-electron chi connectivity index (χ4n) is 8.24. The van der Waals surface area contributed by atoms with Crippen molar-refractivity contribution in [3.63, 3.8) is 0 Å². The van der Waals surface area contributed by atoms with E-state index in [9.17, 15) is 0 Å². The number of aromatic nitrogens is 6. The van der Waals surface area contributed by atoms with Crippen LogP contribution in [0.25, 0.3) is 115 Å². The van der Waals surface area contributed by atoms with Crippen LogP contribution in [-0.4, -0.2) is 29.5 Å². The molecule has 7 nitrogen and oxygen atoms in total. The number of fused-ring (bicyclic) bond motifs is 9. The first-order chi connectivity index (χ1) is 28.3. The van der Waals surface area contributed by atoms with E-state index in [2.05, 4.69) is 120 Å². The molecule has 0 atom stereocenters. The van der Waals surface area contributed by atoms with Gasteiger partial charge < -0.3 is 8.98 Å². The Morgan fingerprint density at radius 1 is 0.439 bits per heavy atom. The van der Waals surface area contributed by atoms with E-state index >= 15 is 0 Å². The summed E-state index contributed by atoms with van der Waals surface area (Å²) in [7, 11) is 0. The molecule has 6 aromatic carbocycles. The van der Waals surface area contributed by atoms with Crippen LogP contribution < -0.4 is 0 Å². The molecule has 12 aromatic rings. The van der Waals surface area contributed by atoms with E-state index in [4.69, 9.17) is 29.3 Å². The summed E-state index contributed by atoms with van der Waals surface area (Å²) >= 11 is 1.72. The van der Waals surface area contributed by atoms with Gasteiger partial charge in [0.1, 0.15) is 11.1 Å². The van der Waals surface area contributed by atoms with Crippen LogP contribution in [0.5, 0.6) is 0 Å². The quantitative estimate of drug-likeness (QED) is 0.174. The van der Waals surface area contributed by atoms with Gasteiger partial charge >= 0.3 is 0 Å². The van der Waals surface area contributed by atoms with Gasteiger partial charge in [0, 0.05) is 61.0 Å². The molecule has 6 heterocycles. The lowest BCUT2D eigenvalue weighted by Crippen LogP contribution is -2.00. The van der Waals surface area contributed by atoms with Crippen LogP contribution in [0.1, 0.15) is 0 Å². The maximum absolute atomic E-state index is 6.93. The Balaban J connectivity index is 1.06. The Bertz CT molecular complexity index is 3530. The second-order valence-electron chi connectivity index (χ2n) is 14.0. The summed E-state index contributed by atoms with van der Waals surface area (Å²) in [5, 5.41) is 4.33. The highest BCUT2D eigenvalue weighted by Crippen LogP contribution is 2.42. The second kappa shape index (κ2) is 12.5. The van der Waals surface area contributed by atoms with E-state index in [0.717, 1.165) is 81.3 Å². The first kappa shape index (κ1) is 31.8. The van der Waals surface area contributed by atoms with Crippen LogP contribution in [0.15, 0.2) is 175 Å². The minimum absolute atomic E-state index is 0.506. The topological polar surface area (TPSA) is 82.5 Å². The minimum atomic E-state index is 0.506. The lowest BCUT2D eigenvalue weighted by Gasteiger charge is -2.09. The van der Waals surface area contributed by atoms with Gasteiger partial charge in [-0.25, -0.2) is 15.0 Å². The Kier molecular flexibility index (Phi) is 6.96. The average molecular weight is 749 g/mol. The lowest BCUT2D eigenvalue weighted by atomic mass is 10.0. The fourth-order valence-corrected chi connectivity index (χ4v) is 9.33. The number of thiophene rings is 1. The highest BCUT2D eigenvalue weighted by atomic mass is 32.1. The predicted molar refractivity (Wildman–Crippen MR) is 232 cm³/mol. The van der Waals surface area contributed by atoms with Gasteiger partial charge in [-0.1, -0.05) is 97.1 Å². The van der Waals surface area contributed by atoms with Gasteiger partial charge in [-0.3, -0.25) is 9.97 Å². The van der Waals surface area contributed by atoms with E-state index in [1.165, 1.54) is 10.8 Å². The lowest BCUT2D eigenvalue weighted by molar-refractivity contribution is 0.670. The molecule has 0 spiro atoms. The molecule has 266 valence electrons. The zero-order valence-electron chi connectivity index (χ0n) is 30.2. The van der Waals surface area contributed by atoms with E-state index in [1.807, 2.05) is 54.9 Å². The van der Waals surface area contributed by atoms with E-state index in [0.29, 0.717) is 23.1 Å². The molecule has 0 radical (unpaired) electrons. The van der Waals surface area contributed by atoms with Gasteiger partial charge in [-0.15, -0.1) is 11.3 Å². The molecule has 8 heteroatoms. The predicted octanol–water partition coefficient (Wildman–Crippen LogP) is 12.7. The van der Waals surface area contributed by atoms with Crippen LogP contribution in [0, 0.1) is 0 Å². The average Bonchev–Trinajstić information content (AvgIpc) is 3.96. The highest BCUT2D eigenvalue weighted by molar-refractivity contribution is 7.25. The molecule has 0 unspecified atom stereocenters. The molecule has 0 aliphatic heterocycles. The SMILES string of the molecule is c1ccc(-c2nc(-c3ccnc4c3oc3c(-c5ccc6c(c5)c5ccccc5n6-c5ccccc5)cccc34)nc(-c3cccc4sc5cccnc5c34)n2)cc1. The number of furan rings is 1. The zero-order valence-corrected chi connectivity index (χ0v) is 31.0. The number of rotatable bonds is 5. The largest absolute Gasteiger partial charge is 0.453 e. The van der Waals surface area contributed by atoms with Crippen LogP contribution in [-0.2, 0) is 0 Å². The van der Waals surface area contributed by atoms with Crippen molar-refractivity contribution in [2.45, 2.75) is 0 Å². The number of benzene rings is 6. The first-order valence-corrected chi connectivity index (χ1v) is 19.6. The van der Waals surface area contributed by atoms with Crippen LogP contribution in [0.4, 0.5) is 0 Å².